The fourth-order valence-electron chi connectivity index (χ4n) is 2.99. The van der Waals surface area contributed by atoms with Gasteiger partial charge in [0.15, 0.2) is 5.11 Å². The van der Waals surface area contributed by atoms with Crippen molar-refractivity contribution in [2.75, 3.05) is 36.5 Å². The predicted octanol–water partition coefficient (Wildman–Crippen LogP) is 4.59. The number of rotatable bonds is 4. The maximum Gasteiger partial charge on any atom is 0.416 e. The summed E-state index contributed by atoms with van der Waals surface area (Å²) in [6, 6.07) is 13.0. The number of benzene rings is 2. The van der Waals surface area contributed by atoms with Gasteiger partial charge < -0.3 is 20.3 Å². The topological polar surface area (TPSA) is 36.5 Å². The summed E-state index contributed by atoms with van der Waals surface area (Å²) in [4.78, 5) is 2.28. The number of ether oxygens (including phenoxy) is 1. The number of halogens is 3. The van der Waals surface area contributed by atoms with E-state index in [1.165, 1.54) is 12.1 Å². The molecule has 1 aliphatic rings. The minimum Gasteiger partial charge on any atom is -0.378 e. The number of nitrogens with zero attached hydrogens (tertiary/aromatic N) is 1. The molecule has 4 nitrogen and oxygen atoms in total. The van der Waals surface area contributed by atoms with E-state index in [9.17, 15) is 13.2 Å². The molecule has 1 unspecified atom stereocenters. The van der Waals surface area contributed by atoms with E-state index >= 15 is 0 Å². The van der Waals surface area contributed by atoms with Crippen molar-refractivity contribution in [1.82, 2.24) is 5.32 Å². The van der Waals surface area contributed by atoms with Crippen molar-refractivity contribution in [3.8, 4) is 0 Å². The van der Waals surface area contributed by atoms with Gasteiger partial charge in [0.25, 0.3) is 0 Å². The summed E-state index contributed by atoms with van der Waals surface area (Å²) < 4.78 is 43.2. The maximum atomic E-state index is 12.6. The Kier molecular flexibility index (Phi) is 6.41. The molecule has 2 aromatic rings. The summed E-state index contributed by atoms with van der Waals surface area (Å²) in [6.07, 6.45) is -4.35. The van der Waals surface area contributed by atoms with Gasteiger partial charge in [-0.3, -0.25) is 0 Å². The Morgan fingerprint density at radius 2 is 1.64 bits per heavy atom. The van der Waals surface area contributed by atoms with E-state index < -0.39 is 11.7 Å². The first-order valence-corrected chi connectivity index (χ1v) is 9.41. The number of morpholine rings is 1. The Morgan fingerprint density at radius 1 is 1.04 bits per heavy atom. The molecule has 0 saturated carbocycles. The van der Waals surface area contributed by atoms with Gasteiger partial charge in [0, 0.05) is 24.5 Å². The van der Waals surface area contributed by atoms with Gasteiger partial charge in [0.05, 0.1) is 24.8 Å². The number of nitrogens with one attached hydrogen (secondary N) is 2. The minimum atomic E-state index is -4.35. The smallest absolute Gasteiger partial charge is 0.378 e. The molecule has 0 aromatic heterocycles. The summed E-state index contributed by atoms with van der Waals surface area (Å²) in [5.41, 5.74) is 2.03. The van der Waals surface area contributed by atoms with Crippen molar-refractivity contribution in [3.05, 3.63) is 59.7 Å². The van der Waals surface area contributed by atoms with Crippen LogP contribution in [-0.2, 0) is 10.9 Å². The molecule has 0 amide bonds. The van der Waals surface area contributed by atoms with Crippen molar-refractivity contribution < 1.29 is 17.9 Å². The summed E-state index contributed by atoms with van der Waals surface area (Å²) in [5.74, 6) is 0. The van der Waals surface area contributed by atoms with Crippen LogP contribution in [0.15, 0.2) is 48.5 Å². The third-order valence-electron chi connectivity index (χ3n) is 4.59. The highest BCUT2D eigenvalue weighted by molar-refractivity contribution is 7.80. The molecule has 1 saturated heterocycles. The zero-order valence-electron chi connectivity index (χ0n) is 15.4. The molecular weight excluding hydrogens is 387 g/mol. The van der Waals surface area contributed by atoms with Gasteiger partial charge in [-0.1, -0.05) is 12.1 Å². The van der Waals surface area contributed by atoms with E-state index in [2.05, 4.69) is 27.7 Å². The highest BCUT2D eigenvalue weighted by atomic mass is 32.1. The first-order chi connectivity index (χ1) is 13.3. The largest absolute Gasteiger partial charge is 0.416 e. The standard InChI is InChI=1S/C20H22F3N3OS/c1-14(15-2-8-18(9-3-15)26-10-12-27-13-11-26)24-19(28)25-17-6-4-16(5-7-17)20(21,22)23/h2-9,14H,10-13H2,1H3,(H2,24,25,28). The lowest BCUT2D eigenvalue weighted by Gasteiger charge is -2.29. The lowest BCUT2D eigenvalue weighted by molar-refractivity contribution is -0.137. The summed E-state index contributed by atoms with van der Waals surface area (Å²) >= 11 is 5.28. The average Bonchev–Trinajstić information content (AvgIpc) is 2.68. The van der Waals surface area contributed by atoms with Crippen LogP contribution in [0.5, 0.6) is 0 Å². The lowest BCUT2D eigenvalue weighted by Crippen LogP contribution is -2.36. The van der Waals surface area contributed by atoms with Crippen LogP contribution in [0.2, 0.25) is 0 Å². The zero-order chi connectivity index (χ0) is 20.1. The Balaban J connectivity index is 1.55. The van der Waals surface area contributed by atoms with E-state index in [0.29, 0.717) is 10.8 Å². The SMILES string of the molecule is CC(NC(=S)Nc1ccc(C(F)(F)F)cc1)c1ccc(N2CCOCC2)cc1. The second-order valence-electron chi connectivity index (χ2n) is 6.59. The van der Waals surface area contributed by atoms with Gasteiger partial charge in [0.2, 0.25) is 0 Å². The van der Waals surface area contributed by atoms with Crippen molar-refractivity contribution in [2.45, 2.75) is 19.1 Å². The second kappa shape index (κ2) is 8.79. The molecule has 1 fully saturated rings. The molecule has 2 aromatic carbocycles. The van der Waals surface area contributed by atoms with Gasteiger partial charge in [-0.15, -0.1) is 0 Å². The summed E-state index contributed by atoms with van der Waals surface area (Å²) in [5, 5.41) is 6.42. The summed E-state index contributed by atoms with van der Waals surface area (Å²) in [7, 11) is 0. The number of alkyl halides is 3. The van der Waals surface area contributed by atoms with Crippen molar-refractivity contribution in [2.24, 2.45) is 0 Å². The van der Waals surface area contributed by atoms with E-state index in [-0.39, 0.29) is 6.04 Å². The Labute approximate surface area is 167 Å². The molecule has 28 heavy (non-hydrogen) atoms. The van der Waals surface area contributed by atoms with E-state index in [1.807, 2.05) is 19.1 Å². The number of anilines is 2. The Bertz CT molecular complexity index is 788. The van der Waals surface area contributed by atoms with E-state index in [1.54, 1.807) is 0 Å². The molecular formula is C20H22F3N3OS. The third kappa shape index (κ3) is 5.36. The first kappa shape index (κ1) is 20.4. The molecule has 1 atom stereocenters. The molecule has 1 heterocycles. The fourth-order valence-corrected chi connectivity index (χ4v) is 3.28. The van der Waals surface area contributed by atoms with E-state index in [0.717, 1.165) is 49.7 Å². The molecule has 8 heteroatoms. The molecule has 0 bridgehead atoms. The number of hydrogen-bond donors (Lipinski definition) is 2. The van der Waals surface area contributed by atoms with Crippen molar-refractivity contribution in [3.63, 3.8) is 0 Å². The van der Waals surface area contributed by atoms with Crippen LogP contribution in [-0.4, -0.2) is 31.4 Å². The fraction of sp³-hybridized carbons (Fsp3) is 0.350. The van der Waals surface area contributed by atoms with Gasteiger partial charge in [-0.2, -0.15) is 13.2 Å². The van der Waals surface area contributed by atoms with Crippen LogP contribution in [0.25, 0.3) is 0 Å². The normalized spacial score (nSPS) is 15.8. The molecule has 1 aliphatic heterocycles. The van der Waals surface area contributed by atoms with Gasteiger partial charge in [-0.25, -0.2) is 0 Å². The molecule has 0 radical (unpaired) electrons. The van der Waals surface area contributed by atoms with Crippen LogP contribution < -0.4 is 15.5 Å². The monoisotopic (exact) mass is 409 g/mol. The zero-order valence-corrected chi connectivity index (χ0v) is 16.2. The molecule has 0 aliphatic carbocycles. The predicted molar refractivity (Wildman–Crippen MR) is 109 cm³/mol. The highest BCUT2D eigenvalue weighted by Gasteiger charge is 2.29. The van der Waals surface area contributed by atoms with E-state index in [4.69, 9.17) is 17.0 Å². The van der Waals surface area contributed by atoms with Gasteiger partial charge >= 0.3 is 6.18 Å². The number of thiocarbonyl (C=S) groups is 1. The van der Waals surface area contributed by atoms with Crippen LogP contribution in [0.4, 0.5) is 24.5 Å². The Hall–Kier alpha value is -2.32. The van der Waals surface area contributed by atoms with Crippen LogP contribution in [0.3, 0.4) is 0 Å². The average molecular weight is 409 g/mol. The number of hydrogen-bond acceptors (Lipinski definition) is 3. The van der Waals surface area contributed by atoms with Crippen molar-refractivity contribution in [1.29, 1.82) is 0 Å². The quantitative estimate of drug-likeness (QED) is 0.723. The molecule has 2 N–H and O–H groups in total. The van der Waals surface area contributed by atoms with Gasteiger partial charge in [-0.05, 0) is 61.1 Å². The van der Waals surface area contributed by atoms with Crippen LogP contribution >= 0.6 is 12.2 Å². The van der Waals surface area contributed by atoms with Crippen LogP contribution in [0.1, 0.15) is 24.1 Å². The third-order valence-corrected chi connectivity index (χ3v) is 4.81. The Morgan fingerprint density at radius 3 is 2.21 bits per heavy atom. The molecule has 3 rings (SSSR count). The maximum absolute atomic E-state index is 12.6. The lowest BCUT2D eigenvalue weighted by atomic mass is 10.1. The second-order valence-corrected chi connectivity index (χ2v) is 6.99. The highest BCUT2D eigenvalue weighted by Crippen LogP contribution is 2.29. The van der Waals surface area contributed by atoms with Crippen molar-refractivity contribution >= 4 is 28.7 Å². The molecule has 150 valence electrons. The minimum absolute atomic E-state index is 0.0480. The van der Waals surface area contributed by atoms with Gasteiger partial charge in [0.1, 0.15) is 0 Å². The first-order valence-electron chi connectivity index (χ1n) is 9.00. The molecule has 0 spiro atoms. The summed E-state index contributed by atoms with van der Waals surface area (Å²) in [6.45, 7) is 5.22. The van der Waals surface area contributed by atoms with Crippen LogP contribution in [0, 0.1) is 0 Å².